The van der Waals surface area contributed by atoms with Crippen LogP contribution in [-0.2, 0) is 16.0 Å². The summed E-state index contributed by atoms with van der Waals surface area (Å²) < 4.78 is 5.70. The van der Waals surface area contributed by atoms with E-state index in [-0.39, 0.29) is 11.9 Å². The number of nitrogens with zero attached hydrogens (tertiary/aromatic N) is 1. The zero-order valence-electron chi connectivity index (χ0n) is 12.0. The molecule has 2 atom stereocenters. The Hall–Kier alpha value is -1.39. The summed E-state index contributed by atoms with van der Waals surface area (Å²) in [4.78, 5) is 14.8. The molecule has 1 aromatic carbocycles. The van der Waals surface area contributed by atoms with Gasteiger partial charge in [0, 0.05) is 19.7 Å². The molecule has 0 radical (unpaired) electrons. The molecule has 0 spiro atoms. The summed E-state index contributed by atoms with van der Waals surface area (Å²) in [5.74, 6) is 0.0972. The van der Waals surface area contributed by atoms with E-state index in [1.807, 2.05) is 24.0 Å². The molecular weight excluding hydrogens is 252 g/mol. The van der Waals surface area contributed by atoms with Gasteiger partial charge >= 0.3 is 0 Å². The van der Waals surface area contributed by atoms with E-state index in [1.165, 1.54) is 11.1 Å². The molecular formula is C16H22N2O2. The van der Waals surface area contributed by atoms with Crippen LogP contribution in [0.4, 0.5) is 0 Å². The average molecular weight is 274 g/mol. The molecule has 0 aliphatic carbocycles. The maximum Gasteiger partial charge on any atom is 0.255 e. The summed E-state index contributed by atoms with van der Waals surface area (Å²) in [5, 5.41) is 0. The Balaban J connectivity index is 1.89. The second-order valence-electron chi connectivity index (χ2n) is 5.88. The molecule has 4 nitrogen and oxygen atoms in total. The smallest absolute Gasteiger partial charge is 0.255 e. The Morgan fingerprint density at radius 1 is 1.50 bits per heavy atom. The van der Waals surface area contributed by atoms with Gasteiger partial charge in [-0.3, -0.25) is 4.79 Å². The first-order chi connectivity index (χ1) is 9.65. The molecule has 2 N–H and O–H groups in total. The van der Waals surface area contributed by atoms with Gasteiger partial charge in [-0.05, 0) is 37.3 Å². The van der Waals surface area contributed by atoms with Gasteiger partial charge in [0.1, 0.15) is 5.60 Å². The van der Waals surface area contributed by atoms with E-state index < -0.39 is 5.60 Å². The molecule has 4 heteroatoms. The molecule has 108 valence electrons. The standard InChI is InChI=1S/C16H22N2O2/c1-16(8-4-10-20-16)15(19)18-9-7-12-5-2-3-6-13(12)14(18)11-17/h2-3,5-6,14H,4,7-11,17H2,1H3. The van der Waals surface area contributed by atoms with Crippen molar-refractivity contribution in [2.24, 2.45) is 5.73 Å². The van der Waals surface area contributed by atoms with Gasteiger partial charge in [0.05, 0.1) is 6.04 Å². The number of nitrogens with two attached hydrogens (primary N) is 1. The van der Waals surface area contributed by atoms with Crippen LogP contribution < -0.4 is 5.73 Å². The molecule has 1 saturated heterocycles. The van der Waals surface area contributed by atoms with Crippen molar-refractivity contribution in [2.75, 3.05) is 19.7 Å². The third-order valence-electron chi connectivity index (χ3n) is 4.57. The van der Waals surface area contributed by atoms with Gasteiger partial charge in [-0.25, -0.2) is 0 Å². The normalized spacial score (nSPS) is 29.3. The van der Waals surface area contributed by atoms with Crippen molar-refractivity contribution in [1.29, 1.82) is 0 Å². The van der Waals surface area contributed by atoms with Crippen molar-refractivity contribution >= 4 is 5.91 Å². The minimum atomic E-state index is -0.653. The van der Waals surface area contributed by atoms with E-state index in [0.29, 0.717) is 13.2 Å². The predicted molar refractivity (Wildman–Crippen MR) is 77.2 cm³/mol. The fraction of sp³-hybridized carbons (Fsp3) is 0.562. The minimum Gasteiger partial charge on any atom is -0.365 e. The fourth-order valence-corrected chi connectivity index (χ4v) is 3.40. The number of ether oxygens (including phenoxy) is 1. The highest BCUT2D eigenvalue weighted by Gasteiger charge is 2.43. The van der Waals surface area contributed by atoms with Crippen molar-refractivity contribution in [1.82, 2.24) is 4.90 Å². The number of hydrogen-bond donors (Lipinski definition) is 1. The van der Waals surface area contributed by atoms with Gasteiger partial charge in [0.25, 0.3) is 5.91 Å². The lowest BCUT2D eigenvalue weighted by Crippen LogP contribution is -2.52. The van der Waals surface area contributed by atoms with Crippen molar-refractivity contribution in [3.63, 3.8) is 0 Å². The number of carbonyl (C=O) groups is 1. The molecule has 3 rings (SSSR count). The maximum atomic E-state index is 12.8. The summed E-state index contributed by atoms with van der Waals surface area (Å²) >= 11 is 0. The first-order valence-electron chi connectivity index (χ1n) is 7.38. The Kier molecular flexibility index (Phi) is 3.52. The van der Waals surface area contributed by atoms with Crippen LogP contribution in [0.2, 0.25) is 0 Å². The summed E-state index contributed by atoms with van der Waals surface area (Å²) in [6, 6.07) is 8.26. The molecule has 2 heterocycles. The third kappa shape index (κ3) is 2.13. The largest absolute Gasteiger partial charge is 0.365 e. The first-order valence-corrected chi connectivity index (χ1v) is 7.38. The highest BCUT2D eigenvalue weighted by atomic mass is 16.5. The lowest BCUT2D eigenvalue weighted by molar-refractivity contribution is -0.154. The number of hydrogen-bond acceptors (Lipinski definition) is 3. The number of benzene rings is 1. The van der Waals surface area contributed by atoms with Crippen LogP contribution >= 0.6 is 0 Å². The predicted octanol–water partition coefficient (Wildman–Crippen LogP) is 1.64. The van der Waals surface area contributed by atoms with Crippen molar-refractivity contribution < 1.29 is 9.53 Å². The second-order valence-corrected chi connectivity index (χ2v) is 5.88. The second kappa shape index (κ2) is 5.19. The molecule has 20 heavy (non-hydrogen) atoms. The monoisotopic (exact) mass is 274 g/mol. The van der Waals surface area contributed by atoms with Crippen LogP contribution in [0.15, 0.2) is 24.3 Å². The van der Waals surface area contributed by atoms with E-state index >= 15 is 0 Å². The molecule has 0 bridgehead atoms. The maximum absolute atomic E-state index is 12.8. The fourth-order valence-electron chi connectivity index (χ4n) is 3.40. The van der Waals surface area contributed by atoms with E-state index in [4.69, 9.17) is 10.5 Å². The minimum absolute atomic E-state index is 0.0199. The van der Waals surface area contributed by atoms with E-state index in [2.05, 4.69) is 12.1 Å². The van der Waals surface area contributed by atoms with Crippen molar-refractivity contribution in [3.8, 4) is 0 Å². The van der Waals surface area contributed by atoms with Crippen LogP contribution in [-0.4, -0.2) is 36.1 Å². The quantitative estimate of drug-likeness (QED) is 0.892. The van der Waals surface area contributed by atoms with E-state index in [1.54, 1.807) is 0 Å². The van der Waals surface area contributed by atoms with Gasteiger partial charge in [0.15, 0.2) is 0 Å². The highest BCUT2D eigenvalue weighted by molar-refractivity contribution is 5.86. The van der Waals surface area contributed by atoms with Gasteiger partial charge in [-0.2, -0.15) is 0 Å². The third-order valence-corrected chi connectivity index (χ3v) is 4.57. The molecule has 2 aliphatic rings. The summed E-state index contributed by atoms with van der Waals surface area (Å²) in [6.45, 7) is 3.78. The summed E-state index contributed by atoms with van der Waals surface area (Å²) in [6.07, 6.45) is 2.66. The zero-order chi connectivity index (χ0) is 14.2. The van der Waals surface area contributed by atoms with Gasteiger partial charge in [-0.1, -0.05) is 24.3 Å². The Morgan fingerprint density at radius 2 is 2.30 bits per heavy atom. The van der Waals surface area contributed by atoms with Gasteiger partial charge in [0.2, 0.25) is 0 Å². The summed E-state index contributed by atoms with van der Waals surface area (Å²) in [7, 11) is 0. The average Bonchev–Trinajstić information content (AvgIpc) is 2.93. The van der Waals surface area contributed by atoms with E-state index in [0.717, 1.165) is 25.8 Å². The number of fused-ring (bicyclic) bond motifs is 1. The Labute approximate surface area is 119 Å². The van der Waals surface area contributed by atoms with Crippen LogP contribution in [0.25, 0.3) is 0 Å². The zero-order valence-corrected chi connectivity index (χ0v) is 12.0. The van der Waals surface area contributed by atoms with Crippen LogP contribution in [0, 0.1) is 0 Å². The Morgan fingerprint density at radius 3 is 3.00 bits per heavy atom. The van der Waals surface area contributed by atoms with Crippen molar-refractivity contribution in [3.05, 3.63) is 35.4 Å². The van der Waals surface area contributed by atoms with Crippen LogP contribution in [0.3, 0.4) is 0 Å². The molecule has 1 fully saturated rings. The number of rotatable bonds is 2. The molecule has 2 aliphatic heterocycles. The first kappa shape index (κ1) is 13.6. The van der Waals surface area contributed by atoms with Crippen LogP contribution in [0.5, 0.6) is 0 Å². The van der Waals surface area contributed by atoms with Crippen LogP contribution in [0.1, 0.15) is 36.9 Å². The lowest BCUT2D eigenvalue weighted by Gasteiger charge is -2.40. The van der Waals surface area contributed by atoms with Gasteiger partial charge in [-0.15, -0.1) is 0 Å². The molecule has 0 aromatic heterocycles. The lowest BCUT2D eigenvalue weighted by atomic mass is 9.90. The summed E-state index contributed by atoms with van der Waals surface area (Å²) in [5.41, 5.74) is 7.80. The molecule has 0 saturated carbocycles. The van der Waals surface area contributed by atoms with Crippen molar-refractivity contribution in [2.45, 2.75) is 37.8 Å². The number of amides is 1. The Bertz CT molecular complexity index is 509. The number of carbonyl (C=O) groups excluding carboxylic acids is 1. The molecule has 1 amide bonds. The topological polar surface area (TPSA) is 55.6 Å². The molecule has 1 aromatic rings. The SMILES string of the molecule is CC1(C(=O)N2CCc3ccccc3C2CN)CCCO1. The molecule has 2 unspecified atom stereocenters. The van der Waals surface area contributed by atoms with Gasteiger partial charge < -0.3 is 15.4 Å². The highest BCUT2D eigenvalue weighted by Crippen LogP contribution is 2.34. The van der Waals surface area contributed by atoms with E-state index in [9.17, 15) is 4.79 Å².